The topological polar surface area (TPSA) is 52.2 Å². The molecule has 0 saturated heterocycles. The molecule has 3 nitrogen and oxygen atoms in total. The Balaban J connectivity index is 2.32. The van der Waals surface area contributed by atoms with Crippen molar-refractivity contribution in [1.82, 2.24) is 0 Å². The third-order valence-corrected chi connectivity index (χ3v) is 3.10. The Kier molecular flexibility index (Phi) is 4.29. The zero-order valence-electron chi connectivity index (χ0n) is 10.3. The van der Waals surface area contributed by atoms with Crippen LogP contribution in [-0.2, 0) is 17.4 Å². The van der Waals surface area contributed by atoms with E-state index in [1.807, 2.05) is 4.72 Å². The van der Waals surface area contributed by atoms with Gasteiger partial charge in [-0.1, -0.05) is 12.1 Å². The van der Waals surface area contributed by atoms with Crippen molar-refractivity contribution in [3.63, 3.8) is 0 Å². The van der Waals surface area contributed by atoms with E-state index in [9.17, 15) is 26.3 Å². The molecule has 0 fully saturated rings. The van der Waals surface area contributed by atoms with Gasteiger partial charge in [0.2, 0.25) is 0 Å². The lowest BCUT2D eigenvalue weighted by atomic mass is 10.0. The molecule has 0 aliphatic rings. The fourth-order valence-electron chi connectivity index (χ4n) is 1.75. The Bertz CT molecular complexity index is 671. The molecule has 2 rings (SSSR count). The molecule has 1 unspecified atom stereocenters. The molecular weight excluding hydrogens is 310 g/mol. The number of benzene rings is 2. The number of anilines is 1. The van der Waals surface area contributed by atoms with Crippen LogP contribution in [0, 0.1) is 5.82 Å². The molecule has 1 N–H and O–H groups in total. The first-order valence-corrected chi connectivity index (χ1v) is 6.68. The summed E-state index contributed by atoms with van der Waals surface area (Å²) in [5.74, 6) is -0.745. The van der Waals surface area contributed by atoms with E-state index in [-0.39, 0.29) is 16.8 Å². The van der Waals surface area contributed by atoms with E-state index in [0.29, 0.717) is 0 Å². The maximum Gasteiger partial charge on any atom is 0.416 e. The SMILES string of the molecule is O=S([O-])Nc1ccc(-c2ccc(C(F)(F)F)cc2)c(F)c1. The molecule has 2 aromatic carbocycles. The van der Waals surface area contributed by atoms with Crippen LogP contribution in [0.5, 0.6) is 0 Å². The Morgan fingerprint density at radius 1 is 1.05 bits per heavy atom. The van der Waals surface area contributed by atoms with E-state index in [0.717, 1.165) is 30.3 Å². The molecule has 0 heterocycles. The van der Waals surface area contributed by atoms with Crippen LogP contribution in [0.2, 0.25) is 0 Å². The third kappa shape index (κ3) is 3.79. The molecule has 1 atom stereocenters. The first-order chi connectivity index (χ1) is 9.77. The molecule has 0 aromatic heterocycles. The second-order valence-electron chi connectivity index (χ2n) is 4.11. The smallest absolute Gasteiger partial charge is 0.416 e. The normalized spacial score (nSPS) is 13.0. The van der Waals surface area contributed by atoms with E-state index in [1.165, 1.54) is 12.1 Å². The third-order valence-electron chi connectivity index (χ3n) is 2.69. The zero-order valence-corrected chi connectivity index (χ0v) is 11.1. The lowest BCUT2D eigenvalue weighted by Crippen LogP contribution is -2.04. The van der Waals surface area contributed by atoms with Gasteiger partial charge in [0.25, 0.3) is 0 Å². The standard InChI is InChI=1S/C13H9F4NO2S/c14-12-7-10(18-21(19)20)5-6-11(12)8-1-3-9(4-2-8)13(15,16)17/h1-7,18H,(H,19,20)/p-1. The number of hydrogen-bond acceptors (Lipinski definition) is 2. The predicted molar refractivity (Wildman–Crippen MR) is 69.4 cm³/mol. The second-order valence-corrected chi connectivity index (χ2v) is 4.78. The highest BCUT2D eigenvalue weighted by atomic mass is 32.2. The van der Waals surface area contributed by atoms with Gasteiger partial charge in [0.05, 0.1) is 5.56 Å². The first-order valence-electron chi connectivity index (χ1n) is 5.60. The van der Waals surface area contributed by atoms with Gasteiger partial charge in [-0.05, 0) is 35.9 Å². The lowest BCUT2D eigenvalue weighted by molar-refractivity contribution is -0.137. The van der Waals surface area contributed by atoms with Crippen molar-refractivity contribution in [2.45, 2.75) is 6.18 Å². The first kappa shape index (κ1) is 15.5. The number of hydrogen-bond donors (Lipinski definition) is 1. The van der Waals surface area contributed by atoms with Crippen LogP contribution < -0.4 is 4.72 Å². The van der Waals surface area contributed by atoms with Gasteiger partial charge >= 0.3 is 6.18 Å². The molecule has 0 spiro atoms. The summed E-state index contributed by atoms with van der Waals surface area (Å²) < 4.78 is 74.0. The van der Waals surface area contributed by atoms with Gasteiger partial charge in [0.15, 0.2) is 0 Å². The number of halogens is 4. The summed E-state index contributed by atoms with van der Waals surface area (Å²) in [6.45, 7) is 0. The van der Waals surface area contributed by atoms with Crippen LogP contribution in [0.25, 0.3) is 11.1 Å². The van der Waals surface area contributed by atoms with Crippen molar-refractivity contribution in [3.05, 3.63) is 53.8 Å². The van der Waals surface area contributed by atoms with Crippen LogP contribution in [-0.4, -0.2) is 8.76 Å². The van der Waals surface area contributed by atoms with Crippen LogP contribution >= 0.6 is 0 Å². The maximum atomic E-state index is 13.9. The van der Waals surface area contributed by atoms with Gasteiger partial charge in [-0.25, -0.2) is 4.39 Å². The minimum absolute atomic E-state index is 0.0245. The summed E-state index contributed by atoms with van der Waals surface area (Å²) in [5, 5.41) is 0. The molecule has 0 bridgehead atoms. The van der Waals surface area contributed by atoms with Crippen LogP contribution in [0.3, 0.4) is 0 Å². The highest BCUT2D eigenvalue weighted by molar-refractivity contribution is 7.80. The average Bonchev–Trinajstić information content (AvgIpc) is 2.37. The Morgan fingerprint density at radius 2 is 1.67 bits per heavy atom. The Morgan fingerprint density at radius 3 is 2.14 bits per heavy atom. The highest BCUT2D eigenvalue weighted by Gasteiger charge is 2.30. The molecule has 2 aromatic rings. The maximum absolute atomic E-state index is 13.9. The van der Waals surface area contributed by atoms with Crippen molar-refractivity contribution < 1.29 is 26.3 Å². The Labute approximate surface area is 120 Å². The highest BCUT2D eigenvalue weighted by Crippen LogP contribution is 2.32. The summed E-state index contributed by atoms with van der Waals surface area (Å²) in [5.41, 5.74) is -0.468. The molecule has 0 aliphatic heterocycles. The molecular formula is C13H8F4NO2S-. The van der Waals surface area contributed by atoms with Crippen molar-refractivity contribution in [2.24, 2.45) is 0 Å². The molecule has 0 saturated carbocycles. The van der Waals surface area contributed by atoms with Crippen molar-refractivity contribution in [2.75, 3.05) is 4.72 Å². The summed E-state index contributed by atoms with van der Waals surface area (Å²) in [4.78, 5) is 0. The molecule has 8 heteroatoms. The van der Waals surface area contributed by atoms with Gasteiger partial charge in [0, 0.05) is 22.5 Å². The van der Waals surface area contributed by atoms with E-state index in [1.54, 1.807) is 0 Å². The summed E-state index contributed by atoms with van der Waals surface area (Å²) >= 11 is -2.58. The zero-order chi connectivity index (χ0) is 15.6. The summed E-state index contributed by atoms with van der Waals surface area (Å²) in [7, 11) is 0. The summed E-state index contributed by atoms with van der Waals surface area (Å²) in [6.07, 6.45) is -4.46. The summed E-state index contributed by atoms with van der Waals surface area (Å²) in [6, 6.07) is 7.56. The van der Waals surface area contributed by atoms with Gasteiger partial charge in [-0.3, -0.25) is 4.21 Å². The molecule has 21 heavy (non-hydrogen) atoms. The fourth-order valence-corrected chi connectivity index (χ4v) is 2.07. The predicted octanol–water partition coefficient (Wildman–Crippen LogP) is 3.72. The number of alkyl halides is 3. The molecule has 0 amide bonds. The van der Waals surface area contributed by atoms with Gasteiger partial charge < -0.3 is 9.27 Å². The Hall–Kier alpha value is -1.93. The number of rotatable bonds is 3. The quantitative estimate of drug-likeness (QED) is 0.693. The minimum Gasteiger partial charge on any atom is -0.755 e. The lowest BCUT2D eigenvalue weighted by Gasteiger charge is -2.11. The van der Waals surface area contributed by atoms with Gasteiger partial charge in [-0.15, -0.1) is 0 Å². The second kappa shape index (κ2) is 5.82. The monoisotopic (exact) mass is 318 g/mol. The fraction of sp³-hybridized carbons (Fsp3) is 0.0769. The van der Waals surface area contributed by atoms with E-state index < -0.39 is 28.8 Å². The van der Waals surface area contributed by atoms with Crippen molar-refractivity contribution in [1.29, 1.82) is 0 Å². The van der Waals surface area contributed by atoms with Crippen molar-refractivity contribution in [3.8, 4) is 11.1 Å². The van der Waals surface area contributed by atoms with Crippen LogP contribution in [0.15, 0.2) is 42.5 Å². The average molecular weight is 318 g/mol. The largest absolute Gasteiger partial charge is 0.755 e. The molecule has 0 aliphatic carbocycles. The van der Waals surface area contributed by atoms with Crippen molar-refractivity contribution >= 4 is 17.0 Å². The van der Waals surface area contributed by atoms with Crippen LogP contribution in [0.4, 0.5) is 23.2 Å². The van der Waals surface area contributed by atoms with Gasteiger partial charge in [0.1, 0.15) is 5.82 Å². The number of nitrogens with one attached hydrogen (secondary N) is 1. The minimum atomic E-state index is -4.46. The van der Waals surface area contributed by atoms with E-state index in [4.69, 9.17) is 0 Å². The molecule has 112 valence electrons. The molecule has 0 radical (unpaired) electrons. The van der Waals surface area contributed by atoms with Crippen LogP contribution in [0.1, 0.15) is 5.56 Å². The van der Waals surface area contributed by atoms with Gasteiger partial charge in [-0.2, -0.15) is 13.2 Å². The van der Waals surface area contributed by atoms with E-state index in [2.05, 4.69) is 0 Å². The van der Waals surface area contributed by atoms with E-state index >= 15 is 0 Å².